The summed E-state index contributed by atoms with van der Waals surface area (Å²) < 4.78 is 5.96. The van der Waals surface area contributed by atoms with E-state index in [1.165, 1.54) is 10.0 Å². The van der Waals surface area contributed by atoms with Gasteiger partial charge in [0.15, 0.2) is 0 Å². The van der Waals surface area contributed by atoms with E-state index in [2.05, 4.69) is 0 Å². The van der Waals surface area contributed by atoms with Gasteiger partial charge in [0.05, 0.1) is 41.7 Å². The molecule has 206 valence electrons. The standard InChI is InChI=1S/C34H32N4O3/c1-4-26-30(33(39)37(35-26)23-15-8-6-9-16-23)32(29-25-19-13-12-14-22(25)20-21-28(29)41-3)31-27(5-2)36-38(34(31)40)24-17-10-7-11-18-24/h6-21,30-32H,4-5H2,1-3H3. The Bertz CT molecular complexity index is 1580. The average molecular weight is 545 g/mol. The van der Waals surface area contributed by atoms with E-state index in [0.29, 0.717) is 30.0 Å². The summed E-state index contributed by atoms with van der Waals surface area (Å²) in [6.45, 7) is 4.01. The molecule has 0 fully saturated rings. The highest BCUT2D eigenvalue weighted by Gasteiger charge is 2.52. The number of benzene rings is 4. The van der Waals surface area contributed by atoms with Crippen molar-refractivity contribution in [1.29, 1.82) is 0 Å². The fraction of sp³-hybridized carbons (Fsp3) is 0.235. The van der Waals surface area contributed by atoms with Crippen LogP contribution in [0.25, 0.3) is 10.8 Å². The van der Waals surface area contributed by atoms with Gasteiger partial charge in [-0.3, -0.25) is 9.59 Å². The first-order valence-corrected chi connectivity index (χ1v) is 14.1. The number of nitrogens with zero attached hydrogens (tertiary/aromatic N) is 4. The van der Waals surface area contributed by atoms with E-state index in [1.807, 2.05) is 111 Å². The molecule has 0 spiro atoms. The molecule has 2 unspecified atom stereocenters. The molecule has 2 amide bonds. The third-order valence-corrected chi connectivity index (χ3v) is 8.05. The zero-order valence-corrected chi connectivity index (χ0v) is 23.4. The van der Waals surface area contributed by atoms with Crippen LogP contribution in [0, 0.1) is 11.8 Å². The quantitative estimate of drug-likeness (QED) is 0.245. The summed E-state index contributed by atoms with van der Waals surface area (Å²) in [5, 5.41) is 14.6. The van der Waals surface area contributed by atoms with Gasteiger partial charge in [0, 0.05) is 11.5 Å². The molecule has 0 saturated carbocycles. The van der Waals surface area contributed by atoms with Crippen LogP contribution in [-0.4, -0.2) is 30.3 Å². The normalized spacial score (nSPS) is 19.5. The Kier molecular flexibility index (Phi) is 7.10. The predicted octanol–water partition coefficient (Wildman–Crippen LogP) is 6.79. The van der Waals surface area contributed by atoms with E-state index in [0.717, 1.165) is 27.8 Å². The van der Waals surface area contributed by atoms with Gasteiger partial charge in [-0.05, 0) is 53.9 Å². The van der Waals surface area contributed by atoms with Gasteiger partial charge in [-0.2, -0.15) is 10.2 Å². The number of hydrogen-bond acceptors (Lipinski definition) is 5. The third kappa shape index (κ3) is 4.47. The molecule has 7 nitrogen and oxygen atoms in total. The van der Waals surface area contributed by atoms with Crippen LogP contribution >= 0.6 is 0 Å². The summed E-state index contributed by atoms with van der Waals surface area (Å²) in [4.78, 5) is 28.9. The molecule has 0 radical (unpaired) electrons. The van der Waals surface area contributed by atoms with Crippen LogP contribution in [0.1, 0.15) is 38.2 Å². The second-order valence-corrected chi connectivity index (χ2v) is 10.2. The van der Waals surface area contributed by atoms with E-state index in [1.54, 1.807) is 7.11 Å². The van der Waals surface area contributed by atoms with E-state index >= 15 is 0 Å². The van der Waals surface area contributed by atoms with Gasteiger partial charge in [-0.25, -0.2) is 10.0 Å². The van der Waals surface area contributed by atoms with Gasteiger partial charge >= 0.3 is 0 Å². The van der Waals surface area contributed by atoms with Crippen LogP contribution in [0.3, 0.4) is 0 Å². The van der Waals surface area contributed by atoms with Crippen molar-refractivity contribution < 1.29 is 14.3 Å². The Morgan fingerprint density at radius 3 is 1.66 bits per heavy atom. The van der Waals surface area contributed by atoms with Crippen LogP contribution in [0.2, 0.25) is 0 Å². The largest absolute Gasteiger partial charge is 0.496 e. The van der Waals surface area contributed by atoms with E-state index in [9.17, 15) is 9.59 Å². The number of para-hydroxylation sites is 2. The molecule has 4 aromatic carbocycles. The van der Waals surface area contributed by atoms with E-state index < -0.39 is 17.8 Å². The zero-order valence-electron chi connectivity index (χ0n) is 23.4. The zero-order chi connectivity index (χ0) is 28.5. The first-order valence-electron chi connectivity index (χ1n) is 14.1. The molecule has 41 heavy (non-hydrogen) atoms. The van der Waals surface area contributed by atoms with Crippen molar-refractivity contribution >= 4 is 45.4 Å². The number of carbonyl (C=O) groups excluding carboxylic acids is 2. The Morgan fingerprint density at radius 2 is 1.17 bits per heavy atom. The van der Waals surface area contributed by atoms with Crippen molar-refractivity contribution in [1.82, 2.24) is 0 Å². The van der Waals surface area contributed by atoms with Crippen molar-refractivity contribution in [3.05, 3.63) is 103 Å². The molecule has 7 heteroatoms. The maximum absolute atomic E-state index is 14.4. The van der Waals surface area contributed by atoms with E-state index in [-0.39, 0.29) is 11.8 Å². The van der Waals surface area contributed by atoms with Crippen molar-refractivity contribution in [3.63, 3.8) is 0 Å². The van der Waals surface area contributed by atoms with Gasteiger partial charge in [0.2, 0.25) is 0 Å². The van der Waals surface area contributed by atoms with Crippen LogP contribution in [0.4, 0.5) is 11.4 Å². The summed E-state index contributed by atoms with van der Waals surface area (Å²) in [5.41, 5.74) is 3.69. The number of fused-ring (bicyclic) bond motifs is 1. The average Bonchev–Trinajstić information content (AvgIpc) is 3.54. The number of amides is 2. The lowest BCUT2D eigenvalue weighted by Gasteiger charge is -2.31. The highest BCUT2D eigenvalue weighted by atomic mass is 16.5. The lowest BCUT2D eigenvalue weighted by molar-refractivity contribution is -0.122. The Hall–Kier alpha value is -4.78. The van der Waals surface area contributed by atoms with Crippen LogP contribution in [-0.2, 0) is 9.59 Å². The second kappa shape index (κ2) is 11.0. The molecule has 2 aliphatic heterocycles. The molecular weight excluding hydrogens is 512 g/mol. The summed E-state index contributed by atoms with van der Waals surface area (Å²) in [5.74, 6) is -1.63. The number of anilines is 2. The van der Waals surface area contributed by atoms with Crippen LogP contribution < -0.4 is 14.8 Å². The summed E-state index contributed by atoms with van der Waals surface area (Å²) in [6.07, 6.45) is 1.12. The van der Waals surface area contributed by atoms with Gasteiger partial charge in [0.1, 0.15) is 5.75 Å². The number of rotatable bonds is 8. The third-order valence-electron chi connectivity index (χ3n) is 8.05. The lowest BCUT2D eigenvalue weighted by Crippen LogP contribution is -2.41. The van der Waals surface area contributed by atoms with E-state index in [4.69, 9.17) is 14.9 Å². The Balaban J connectivity index is 1.58. The SMILES string of the molecule is CCC1=NN(c2ccccc2)C(=O)C1C(c1c(OC)ccc2ccccc12)C1C(=O)N(c2ccccc2)N=C1CC. The molecule has 2 atom stereocenters. The van der Waals surface area contributed by atoms with Crippen molar-refractivity contribution in [2.24, 2.45) is 22.0 Å². The molecular formula is C34H32N4O3. The minimum absolute atomic E-state index is 0.158. The predicted molar refractivity (Wildman–Crippen MR) is 164 cm³/mol. The van der Waals surface area contributed by atoms with Gasteiger partial charge < -0.3 is 4.74 Å². The Morgan fingerprint density at radius 1 is 0.683 bits per heavy atom. The second-order valence-electron chi connectivity index (χ2n) is 10.2. The molecule has 6 rings (SSSR count). The number of methoxy groups -OCH3 is 1. The molecule has 4 aromatic rings. The molecule has 0 aliphatic carbocycles. The fourth-order valence-corrected chi connectivity index (χ4v) is 6.16. The highest BCUT2D eigenvalue weighted by Crippen LogP contribution is 2.48. The number of carbonyl (C=O) groups is 2. The van der Waals surface area contributed by atoms with Crippen molar-refractivity contribution in [3.8, 4) is 5.75 Å². The molecule has 0 aromatic heterocycles. The van der Waals surface area contributed by atoms with Crippen molar-refractivity contribution in [2.75, 3.05) is 17.1 Å². The summed E-state index contributed by atoms with van der Waals surface area (Å²) in [7, 11) is 1.63. The molecule has 2 aliphatic rings. The first-order chi connectivity index (χ1) is 20.1. The maximum atomic E-state index is 14.4. The number of ether oxygens (including phenoxy) is 1. The number of hydrazone groups is 2. The molecule has 0 N–H and O–H groups in total. The van der Waals surface area contributed by atoms with Crippen molar-refractivity contribution in [2.45, 2.75) is 32.6 Å². The topological polar surface area (TPSA) is 74.6 Å². The first kappa shape index (κ1) is 26.4. The smallest absolute Gasteiger partial charge is 0.256 e. The molecule has 0 saturated heterocycles. The fourth-order valence-electron chi connectivity index (χ4n) is 6.16. The number of hydrogen-bond donors (Lipinski definition) is 0. The van der Waals surface area contributed by atoms with Gasteiger partial charge in [-0.1, -0.05) is 80.6 Å². The summed E-state index contributed by atoms with van der Waals surface area (Å²) >= 11 is 0. The highest BCUT2D eigenvalue weighted by molar-refractivity contribution is 6.21. The monoisotopic (exact) mass is 544 g/mol. The van der Waals surface area contributed by atoms with Gasteiger partial charge in [0.25, 0.3) is 11.8 Å². The summed E-state index contributed by atoms with van der Waals surface area (Å²) in [6, 6.07) is 30.9. The van der Waals surface area contributed by atoms with Gasteiger partial charge in [-0.15, -0.1) is 0 Å². The maximum Gasteiger partial charge on any atom is 0.256 e. The minimum Gasteiger partial charge on any atom is -0.496 e. The lowest BCUT2D eigenvalue weighted by atomic mass is 9.70. The molecule has 0 bridgehead atoms. The van der Waals surface area contributed by atoms with Crippen LogP contribution in [0.5, 0.6) is 5.75 Å². The Labute approximate surface area is 239 Å². The minimum atomic E-state index is -0.679. The van der Waals surface area contributed by atoms with Crippen LogP contribution in [0.15, 0.2) is 107 Å². The molecule has 2 heterocycles.